The average molecular weight is 347 g/mol. The van der Waals surface area contributed by atoms with Crippen molar-refractivity contribution in [3.8, 4) is 0 Å². The smallest absolute Gasteiger partial charge is 0.390 e. The molecule has 1 N–H and O–H groups in total. The van der Waals surface area contributed by atoms with Gasteiger partial charge in [-0.2, -0.15) is 18.3 Å². The predicted octanol–water partition coefficient (Wildman–Crippen LogP) is 1.58. The van der Waals surface area contributed by atoms with Crippen LogP contribution in [0.2, 0.25) is 0 Å². The Labute approximate surface area is 137 Å². The fraction of sp³-hybridized carbons (Fsp3) is 0.733. The number of aryl methyl sites for hydroxylation is 1. The Kier molecular flexibility index (Phi) is 4.33. The lowest BCUT2D eigenvalue weighted by molar-refractivity contribution is -0.174. The van der Waals surface area contributed by atoms with E-state index in [1.807, 2.05) is 0 Å². The van der Waals surface area contributed by atoms with Crippen molar-refractivity contribution in [1.82, 2.24) is 14.7 Å². The van der Waals surface area contributed by atoms with E-state index in [9.17, 15) is 23.1 Å². The third-order valence-electron chi connectivity index (χ3n) is 4.91. The number of carbonyl (C=O) groups excluding carboxylic acids is 1. The van der Waals surface area contributed by atoms with Crippen LogP contribution in [0.25, 0.3) is 0 Å². The summed E-state index contributed by atoms with van der Waals surface area (Å²) in [5.74, 6) is -0.486. The predicted molar refractivity (Wildman–Crippen MR) is 77.3 cm³/mol. The van der Waals surface area contributed by atoms with E-state index in [0.717, 1.165) is 17.2 Å². The third-order valence-corrected chi connectivity index (χ3v) is 4.91. The summed E-state index contributed by atoms with van der Waals surface area (Å²) in [7, 11) is 1.32. The molecule has 2 aliphatic heterocycles. The number of nitrogens with zero attached hydrogens (tertiary/aromatic N) is 3. The molecular formula is C15H20F3N3O3. The molecule has 1 aromatic heterocycles. The van der Waals surface area contributed by atoms with Crippen LogP contribution in [-0.2, 0) is 18.0 Å². The highest BCUT2D eigenvalue weighted by molar-refractivity contribution is 5.92. The van der Waals surface area contributed by atoms with Gasteiger partial charge in [0.25, 0.3) is 5.91 Å². The molecule has 24 heavy (non-hydrogen) atoms. The highest BCUT2D eigenvalue weighted by atomic mass is 19.4. The Morgan fingerprint density at radius 2 is 2.08 bits per heavy atom. The maximum Gasteiger partial charge on any atom is 0.435 e. The zero-order valence-corrected chi connectivity index (χ0v) is 13.3. The van der Waals surface area contributed by atoms with Gasteiger partial charge in [-0.1, -0.05) is 0 Å². The molecule has 0 radical (unpaired) electrons. The minimum Gasteiger partial charge on any atom is -0.390 e. The number of rotatable bonds is 1. The van der Waals surface area contributed by atoms with Crippen LogP contribution < -0.4 is 0 Å². The van der Waals surface area contributed by atoms with Gasteiger partial charge in [-0.25, -0.2) is 0 Å². The molecule has 6 nitrogen and oxygen atoms in total. The first-order chi connectivity index (χ1) is 11.2. The second-order valence-corrected chi connectivity index (χ2v) is 6.40. The second-order valence-electron chi connectivity index (χ2n) is 6.40. The number of aliphatic hydroxyl groups excluding tert-OH is 1. The van der Waals surface area contributed by atoms with Crippen LogP contribution in [0.1, 0.15) is 41.9 Å². The van der Waals surface area contributed by atoms with Gasteiger partial charge >= 0.3 is 6.18 Å². The first-order valence-corrected chi connectivity index (χ1v) is 7.95. The van der Waals surface area contributed by atoms with Crippen LogP contribution in [0.15, 0.2) is 6.07 Å². The SMILES string of the molecule is Cn1nc(C(F)(F)F)cc1C(=O)N1CCC2(CC1)OCCC[C@@H]2O. The molecule has 2 fully saturated rings. The molecule has 1 atom stereocenters. The molecule has 134 valence electrons. The van der Waals surface area contributed by atoms with E-state index in [0.29, 0.717) is 39.0 Å². The number of amides is 1. The van der Waals surface area contributed by atoms with Crippen molar-refractivity contribution in [3.05, 3.63) is 17.5 Å². The van der Waals surface area contributed by atoms with E-state index in [1.165, 1.54) is 11.9 Å². The summed E-state index contributed by atoms with van der Waals surface area (Å²) in [5.41, 5.74) is -1.80. The number of hydrogen-bond acceptors (Lipinski definition) is 4. The molecule has 1 spiro atoms. The van der Waals surface area contributed by atoms with E-state index >= 15 is 0 Å². The topological polar surface area (TPSA) is 67.6 Å². The molecule has 2 saturated heterocycles. The van der Waals surface area contributed by atoms with E-state index in [2.05, 4.69) is 5.10 Å². The molecule has 0 unspecified atom stereocenters. The fourth-order valence-corrected chi connectivity index (χ4v) is 3.45. The van der Waals surface area contributed by atoms with Crippen LogP contribution in [-0.4, -0.2) is 57.1 Å². The number of aromatic nitrogens is 2. The molecule has 0 bridgehead atoms. The van der Waals surface area contributed by atoms with Gasteiger partial charge in [0, 0.05) is 32.8 Å². The van der Waals surface area contributed by atoms with Crippen molar-refractivity contribution in [2.24, 2.45) is 7.05 Å². The van der Waals surface area contributed by atoms with Gasteiger partial charge in [-0.3, -0.25) is 9.48 Å². The van der Waals surface area contributed by atoms with Gasteiger partial charge in [0.05, 0.1) is 11.7 Å². The average Bonchev–Trinajstić information content (AvgIpc) is 2.93. The lowest BCUT2D eigenvalue weighted by atomic mass is 9.82. The van der Waals surface area contributed by atoms with Gasteiger partial charge < -0.3 is 14.7 Å². The van der Waals surface area contributed by atoms with Crippen LogP contribution in [0.3, 0.4) is 0 Å². The van der Waals surface area contributed by atoms with Crippen molar-refractivity contribution < 1.29 is 27.8 Å². The third kappa shape index (κ3) is 3.02. The molecule has 3 rings (SSSR count). The number of piperidine rings is 1. The molecule has 3 heterocycles. The molecule has 0 aliphatic carbocycles. The van der Waals surface area contributed by atoms with Crippen molar-refractivity contribution in [3.63, 3.8) is 0 Å². The molecule has 0 saturated carbocycles. The zero-order chi connectivity index (χ0) is 17.5. The lowest BCUT2D eigenvalue weighted by Gasteiger charge is -2.46. The van der Waals surface area contributed by atoms with Gasteiger partial charge in [0.2, 0.25) is 0 Å². The molecular weight excluding hydrogens is 327 g/mol. The summed E-state index contributed by atoms with van der Waals surface area (Å²) in [4.78, 5) is 14.0. The molecule has 1 aromatic rings. The van der Waals surface area contributed by atoms with Gasteiger partial charge in [-0.05, 0) is 25.7 Å². The van der Waals surface area contributed by atoms with E-state index in [-0.39, 0.29) is 5.69 Å². The summed E-state index contributed by atoms with van der Waals surface area (Å²) in [6.07, 6.45) is -2.71. The Balaban J connectivity index is 1.71. The summed E-state index contributed by atoms with van der Waals surface area (Å²) in [6.45, 7) is 1.26. The maximum atomic E-state index is 12.7. The molecule has 1 amide bonds. The number of aliphatic hydroxyl groups is 1. The number of ether oxygens (including phenoxy) is 1. The van der Waals surface area contributed by atoms with Gasteiger partial charge in [0.15, 0.2) is 5.69 Å². The van der Waals surface area contributed by atoms with Crippen LogP contribution in [0.5, 0.6) is 0 Å². The van der Waals surface area contributed by atoms with Crippen molar-refractivity contribution >= 4 is 5.91 Å². The minimum atomic E-state index is -4.58. The standard InChI is InChI=1S/C15H20F3N3O3/c1-20-10(9-11(19-20)15(16,17)18)13(23)21-6-4-14(5-7-21)12(22)3-2-8-24-14/h9,12,22H,2-8H2,1H3/t12-/m0/s1. The lowest BCUT2D eigenvalue weighted by Crippen LogP contribution is -2.56. The quantitative estimate of drug-likeness (QED) is 0.838. The fourth-order valence-electron chi connectivity index (χ4n) is 3.45. The summed E-state index contributed by atoms with van der Waals surface area (Å²) >= 11 is 0. The van der Waals surface area contributed by atoms with Crippen molar-refractivity contribution in [2.45, 2.75) is 43.6 Å². The Morgan fingerprint density at radius 1 is 1.42 bits per heavy atom. The summed E-state index contributed by atoms with van der Waals surface area (Å²) in [6, 6.07) is 0.776. The van der Waals surface area contributed by atoms with E-state index < -0.39 is 29.5 Å². The number of carbonyl (C=O) groups is 1. The van der Waals surface area contributed by atoms with Crippen LogP contribution >= 0.6 is 0 Å². The Hall–Kier alpha value is -1.61. The monoisotopic (exact) mass is 347 g/mol. The number of likely N-dealkylation sites (tertiary alicyclic amines) is 1. The van der Waals surface area contributed by atoms with E-state index in [4.69, 9.17) is 4.74 Å². The van der Waals surface area contributed by atoms with Crippen molar-refractivity contribution in [2.75, 3.05) is 19.7 Å². The molecule has 9 heteroatoms. The first kappa shape index (κ1) is 17.2. The zero-order valence-electron chi connectivity index (χ0n) is 13.3. The number of halogens is 3. The molecule has 2 aliphatic rings. The van der Waals surface area contributed by atoms with Crippen LogP contribution in [0, 0.1) is 0 Å². The Bertz CT molecular complexity index is 621. The van der Waals surface area contributed by atoms with Gasteiger partial charge in [-0.15, -0.1) is 0 Å². The highest BCUT2D eigenvalue weighted by Crippen LogP contribution is 2.36. The number of alkyl halides is 3. The summed E-state index contributed by atoms with van der Waals surface area (Å²) < 4.78 is 44.9. The Morgan fingerprint density at radius 3 is 2.62 bits per heavy atom. The summed E-state index contributed by atoms with van der Waals surface area (Å²) in [5, 5.41) is 13.6. The van der Waals surface area contributed by atoms with Crippen molar-refractivity contribution in [1.29, 1.82) is 0 Å². The van der Waals surface area contributed by atoms with Crippen LogP contribution in [0.4, 0.5) is 13.2 Å². The highest BCUT2D eigenvalue weighted by Gasteiger charge is 2.45. The second kappa shape index (κ2) is 6.03. The normalized spacial score (nSPS) is 24.4. The maximum absolute atomic E-state index is 12.7. The minimum absolute atomic E-state index is 0.0941. The molecule has 0 aromatic carbocycles. The van der Waals surface area contributed by atoms with Gasteiger partial charge in [0.1, 0.15) is 5.69 Å². The largest absolute Gasteiger partial charge is 0.435 e. The first-order valence-electron chi connectivity index (χ1n) is 7.95. The number of hydrogen-bond donors (Lipinski definition) is 1. The van der Waals surface area contributed by atoms with E-state index in [1.54, 1.807) is 0 Å².